The Bertz CT molecular complexity index is 603. The lowest BCUT2D eigenvalue weighted by Gasteiger charge is -2.09. The molecule has 0 radical (unpaired) electrons. The summed E-state index contributed by atoms with van der Waals surface area (Å²) in [6, 6.07) is 9.57. The molecule has 2 rings (SSSR count). The van der Waals surface area contributed by atoms with Crippen LogP contribution >= 0.6 is 34.8 Å². The summed E-state index contributed by atoms with van der Waals surface area (Å²) in [6.45, 7) is 0. The molecule has 0 unspecified atom stereocenters. The van der Waals surface area contributed by atoms with Crippen molar-refractivity contribution >= 4 is 46.3 Å². The highest BCUT2D eigenvalue weighted by molar-refractivity contribution is 6.41. The van der Waals surface area contributed by atoms with Gasteiger partial charge >= 0.3 is 0 Å². The third-order valence-corrected chi connectivity index (χ3v) is 3.39. The van der Waals surface area contributed by atoms with E-state index in [4.69, 9.17) is 40.6 Å². The first kappa shape index (κ1) is 14.2. The van der Waals surface area contributed by atoms with Crippen LogP contribution in [0, 0.1) is 0 Å². The highest BCUT2D eigenvalue weighted by Crippen LogP contribution is 2.30. The van der Waals surface area contributed by atoms with Gasteiger partial charge < -0.3 is 5.43 Å². The molecule has 0 aliphatic carbocycles. The van der Waals surface area contributed by atoms with Crippen LogP contribution in [0.4, 0.5) is 5.69 Å². The number of nitrogen functional groups attached to an aromatic ring is 1. The Morgan fingerprint density at radius 1 is 1.00 bits per heavy atom. The van der Waals surface area contributed by atoms with Crippen molar-refractivity contribution in [2.24, 2.45) is 5.84 Å². The average Bonchev–Trinajstić information content (AvgIpc) is 2.38. The molecule has 6 heteroatoms. The van der Waals surface area contributed by atoms with Gasteiger partial charge in [0, 0.05) is 10.6 Å². The van der Waals surface area contributed by atoms with E-state index in [2.05, 4.69) is 5.43 Å². The molecule has 3 N–H and O–H groups in total. The number of carbonyl (C=O) groups is 1. The van der Waals surface area contributed by atoms with Crippen molar-refractivity contribution in [2.75, 3.05) is 5.43 Å². The second-order valence-corrected chi connectivity index (χ2v) is 5.05. The Balaban J connectivity index is 2.47. The first-order valence-corrected chi connectivity index (χ1v) is 6.42. The second kappa shape index (κ2) is 5.80. The van der Waals surface area contributed by atoms with Crippen LogP contribution in [0.15, 0.2) is 36.4 Å². The van der Waals surface area contributed by atoms with Crippen molar-refractivity contribution < 1.29 is 4.79 Å². The molecule has 3 nitrogen and oxygen atoms in total. The number of nitrogens with one attached hydrogen (secondary N) is 1. The minimum atomic E-state index is -0.268. The van der Waals surface area contributed by atoms with Crippen molar-refractivity contribution in [2.45, 2.75) is 0 Å². The van der Waals surface area contributed by atoms with Crippen molar-refractivity contribution in [3.05, 3.63) is 62.6 Å². The SMILES string of the molecule is NNc1cc(Cl)c(C(=O)c2ccc(Cl)cc2)c(Cl)c1. The Labute approximate surface area is 125 Å². The molecular formula is C13H9Cl3N2O. The molecule has 0 atom stereocenters. The van der Waals surface area contributed by atoms with Gasteiger partial charge in [-0.3, -0.25) is 10.6 Å². The lowest BCUT2D eigenvalue weighted by atomic mass is 10.0. The van der Waals surface area contributed by atoms with Crippen molar-refractivity contribution in [3.8, 4) is 0 Å². The van der Waals surface area contributed by atoms with Crippen LogP contribution in [0.5, 0.6) is 0 Å². The quantitative estimate of drug-likeness (QED) is 0.508. The molecule has 0 bridgehead atoms. The van der Waals surface area contributed by atoms with Crippen LogP contribution in [0.3, 0.4) is 0 Å². The molecule has 0 aromatic heterocycles. The van der Waals surface area contributed by atoms with E-state index in [1.807, 2.05) is 0 Å². The van der Waals surface area contributed by atoms with Crippen molar-refractivity contribution in [3.63, 3.8) is 0 Å². The zero-order chi connectivity index (χ0) is 14.0. The van der Waals surface area contributed by atoms with Gasteiger partial charge in [0.1, 0.15) is 0 Å². The maximum atomic E-state index is 12.3. The van der Waals surface area contributed by atoms with Gasteiger partial charge in [-0.05, 0) is 36.4 Å². The van der Waals surface area contributed by atoms with Crippen LogP contribution in [0.2, 0.25) is 15.1 Å². The van der Waals surface area contributed by atoms with Gasteiger partial charge in [-0.2, -0.15) is 0 Å². The fourth-order valence-electron chi connectivity index (χ4n) is 1.62. The maximum absolute atomic E-state index is 12.3. The number of anilines is 1. The number of carbonyl (C=O) groups excluding carboxylic acids is 1. The molecule has 0 heterocycles. The normalized spacial score (nSPS) is 10.3. The Morgan fingerprint density at radius 2 is 1.53 bits per heavy atom. The van der Waals surface area contributed by atoms with Crippen LogP contribution in [0.25, 0.3) is 0 Å². The highest BCUT2D eigenvalue weighted by atomic mass is 35.5. The topological polar surface area (TPSA) is 55.1 Å². The van der Waals surface area contributed by atoms with Crippen LogP contribution in [0.1, 0.15) is 15.9 Å². The standard InChI is InChI=1S/C13H9Cl3N2O/c14-8-3-1-7(2-4-8)13(19)12-10(15)5-9(18-17)6-11(12)16/h1-6,18H,17H2. The summed E-state index contributed by atoms with van der Waals surface area (Å²) >= 11 is 17.9. The minimum Gasteiger partial charge on any atom is -0.324 e. The molecule has 2 aromatic carbocycles. The second-order valence-electron chi connectivity index (χ2n) is 3.80. The maximum Gasteiger partial charge on any atom is 0.196 e. The zero-order valence-corrected chi connectivity index (χ0v) is 11.9. The van der Waals surface area contributed by atoms with E-state index in [1.165, 1.54) is 12.1 Å². The van der Waals surface area contributed by atoms with Gasteiger partial charge in [0.25, 0.3) is 0 Å². The van der Waals surface area contributed by atoms with Gasteiger partial charge in [0.15, 0.2) is 5.78 Å². The fraction of sp³-hybridized carbons (Fsp3) is 0. The third kappa shape index (κ3) is 3.01. The molecule has 2 aromatic rings. The summed E-state index contributed by atoms with van der Waals surface area (Å²) in [7, 11) is 0. The monoisotopic (exact) mass is 314 g/mol. The van der Waals surface area contributed by atoms with Gasteiger partial charge in [0.2, 0.25) is 0 Å². The predicted octanol–water partition coefficient (Wildman–Crippen LogP) is 4.16. The van der Waals surface area contributed by atoms with Crippen molar-refractivity contribution in [1.82, 2.24) is 0 Å². The van der Waals surface area contributed by atoms with E-state index in [0.29, 0.717) is 16.3 Å². The minimum absolute atomic E-state index is 0.236. The number of hydrogen-bond acceptors (Lipinski definition) is 3. The Morgan fingerprint density at radius 3 is 2.00 bits per heavy atom. The largest absolute Gasteiger partial charge is 0.324 e. The number of hydrogen-bond donors (Lipinski definition) is 2. The number of ketones is 1. The van der Waals surface area contributed by atoms with Gasteiger partial charge in [-0.25, -0.2) is 0 Å². The summed E-state index contributed by atoms with van der Waals surface area (Å²) in [5.41, 5.74) is 3.65. The Hall–Kier alpha value is -1.26. The molecule has 0 saturated heterocycles. The summed E-state index contributed by atoms with van der Waals surface area (Å²) in [5.74, 6) is 5.01. The summed E-state index contributed by atoms with van der Waals surface area (Å²) in [6.07, 6.45) is 0. The molecular weight excluding hydrogens is 307 g/mol. The Kier molecular flexibility index (Phi) is 4.32. The lowest BCUT2D eigenvalue weighted by Crippen LogP contribution is -2.08. The number of halogens is 3. The first-order valence-electron chi connectivity index (χ1n) is 5.29. The smallest absolute Gasteiger partial charge is 0.196 e. The van der Waals surface area contributed by atoms with Gasteiger partial charge in [0.05, 0.1) is 21.3 Å². The molecule has 0 amide bonds. The molecule has 19 heavy (non-hydrogen) atoms. The first-order chi connectivity index (χ1) is 9.02. The van der Waals surface area contributed by atoms with E-state index < -0.39 is 0 Å². The molecule has 98 valence electrons. The number of benzene rings is 2. The van der Waals surface area contributed by atoms with Gasteiger partial charge in [-0.1, -0.05) is 34.8 Å². The lowest BCUT2D eigenvalue weighted by molar-refractivity contribution is 0.103. The number of nitrogens with two attached hydrogens (primary N) is 1. The van der Waals surface area contributed by atoms with E-state index in [0.717, 1.165) is 0 Å². The van der Waals surface area contributed by atoms with E-state index in [-0.39, 0.29) is 21.4 Å². The zero-order valence-electron chi connectivity index (χ0n) is 9.58. The van der Waals surface area contributed by atoms with Crippen LogP contribution in [-0.2, 0) is 0 Å². The average molecular weight is 316 g/mol. The predicted molar refractivity (Wildman–Crippen MR) is 79.2 cm³/mol. The molecule has 0 saturated carbocycles. The molecule has 0 aliphatic rings. The fourth-order valence-corrected chi connectivity index (χ4v) is 2.40. The summed E-state index contributed by atoms with van der Waals surface area (Å²) in [5, 5.41) is 1.03. The summed E-state index contributed by atoms with van der Waals surface area (Å²) in [4.78, 5) is 12.3. The van der Waals surface area contributed by atoms with Crippen molar-refractivity contribution in [1.29, 1.82) is 0 Å². The third-order valence-electron chi connectivity index (χ3n) is 2.54. The van der Waals surface area contributed by atoms with Crippen LogP contribution < -0.4 is 11.3 Å². The van der Waals surface area contributed by atoms with E-state index in [9.17, 15) is 4.79 Å². The van der Waals surface area contributed by atoms with E-state index >= 15 is 0 Å². The number of rotatable bonds is 3. The highest BCUT2D eigenvalue weighted by Gasteiger charge is 2.17. The molecule has 0 spiro atoms. The van der Waals surface area contributed by atoms with E-state index in [1.54, 1.807) is 24.3 Å². The summed E-state index contributed by atoms with van der Waals surface area (Å²) < 4.78 is 0. The molecule has 0 aliphatic heterocycles. The molecule has 0 fully saturated rings. The van der Waals surface area contributed by atoms with Gasteiger partial charge in [-0.15, -0.1) is 0 Å². The van der Waals surface area contributed by atoms with Crippen LogP contribution in [-0.4, -0.2) is 5.78 Å². The number of hydrazine groups is 1.